The van der Waals surface area contributed by atoms with Crippen molar-refractivity contribution in [2.75, 3.05) is 6.54 Å². The topological polar surface area (TPSA) is 12.0 Å². The van der Waals surface area contributed by atoms with Gasteiger partial charge in [0.1, 0.15) is 5.82 Å². The molecule has 0 bridgehead atoms. The van der Waals surface area contributed by atoms with Crippen LogP contribution in [0.5, 0.6) is 0 Å². The Kier molecular flexibility index (Phi) is 3.43. The largest absolute Gasteiger partial charge is 0.310 e. The summed E-state index contributed by atoms with van der Waals surface area (Å²) < 4.78 is 13.0. The lowest BCUT2D eigenvalue weighted by Gasteiger charge is -2.13. The first kappa shape index (κ1) is 10.2. The first-order chi connectivity index (χ1) is 6.13. The monoisotopic (exact) mass is 181 g/mol. The van der Waals surface area contributed by atoms with Crippen molar-refractivity contribution in [3.8, 4) is 0 Å². The van der Waals surface area contributed by atoms with Gasteiger partial charge >= 0.3 is 0 Å². The highest BCUT2D eigenvalue weighted by molar-refractivity contribution is 5.25. The maximum absolute atomic E-state index is 13.0. The van der Waals surface area contributed by atoms with Crippen LogP contribution in [0.1, 0.15) is 31.0 Å². The summed E-state index contributed by atoms with van der Waals surface area (Å²) in [5, 5.41) is 3.25. The van der Waals surface area contributed by atoms with Crippen LogP contribution in [0.25, 0.3) is 0 Å². The van der Waals surface area contributed by atoms with Crippen molar-refractivity contribution in [1.29, 1.82) is 0 Å². The third-order valence-corrected chi connectivity index (χ3v) is 2.07. The van der Waals surface area contributed by atoms with E-state index in [-0.39, 0.29) is 11.9 Å². The number of hydrogen-bond donors (Lipinski definition) is 1. The van der Waals surface area contributed by atoms with E-state index in [2.05, 4.69) is 5.32 Å². The van der Waals surface area contributed by atoms with Gasteiger partial charge in [-0.25, -0.2) is 4.39 Å². The summed E-state index contributed by atoms with van der Waals surface area (Å²) in [6.07, 6.45) is 0. The quantitative estimate of drug-likeness (QED) is 0.756. The number of rotatable bonds is 3. The van der Waals surface area contributed by atoms with Crippen LogP contribution in [0.3, 0.4) is 0 Å². The van der Waals surface area contributed by atoms with Crippen molar-refractivity contribution < 1.29 is 4.39 Å². The van der Waals surface area contributed by atoms with E-state index in [0.29, 0.717) is 0 Å². The predicted octanol–water partition coefficient (Wildman–Crippen LogP) is 2.80. The molecule has 1 atom stereocenters. The molecule has 1 aromatic rings. The Morgan fingerprint density at radius 3 is 2.62 bits per heavy atom. The Balaban J connectivity index is 2.87. The molecule has 0 saturated heterocycles. The van der Waals surface area contributed by atoms with Crippen molar-refractivity contribution in [3.63, 3.8) is 0 Å². The second-order valence-electron chi connectivity index (χ2n) is 3.34. The Bertz CT molecular complexity index is 263. The summed E-state index contributed by atoms with van der Waals surface area (Å²) in [7, 11) is 0. The van der Waals surface area contributed by atoms with Crippen LogP contribution in [0.15, 0.2) is 18.2 Å². The molecule has 0 fully saturated rings. The van der Waals surface area contributed by atoms with Crippen LogP contribution in [0, 0.1) is 12.7 Å². The van der Waals surface area contributed by atoms with E-state index in [1.54, 1.807) is 12.1 Å². The zero-order valence-corrected chi connectivity index (χ0v) is 8.39. The minimum Gasteiger partial charge on any atom is -0.310 e. The van der Waals surface area contributed by atoms with Crippen molar-refractivity contribution in [3.05, 3.63) is 35.1 Å². The lowest BCUT2D eigenvalue weighted by molar-refractivity contribution is 0.582. The minimum absolute atomic E-state index is 0.153. The third-order valence-electron chi connectivity index (χ3n) is 2.07. The number of halogens is 1. The molecule has 0 aromatic heterocycles. The Morgan fingerprint density at radius 1 is 1.38 bits per heavy atom. The van der Waals surface area contributed by atoms with Gasteiger partial charge in [0.25, 0.3) is 0 Å². The lowest BCUT2D eigenvalue weighted by Crippen LogP contribution is -2.17. The fraction of sp³-hybridized carbons (Fsp3) is 0.455. The summed E-state index contributed by atoms with van der Waals surface area (Å²) in [6, 6.07) is 5.36. The molecule has 1 aromatic carbocycles. The van der Waals surface area contributed by atoms with Gasteiger partial charge < -0.3 is 5.32 Å². The molecule has 0 amide bonds. The summed E-state index contributed by atoms with van der Waals surface area (Å²) >= 11 is 0. The molecular formula is C11H16FN. The van der Waals surface area contributed by atoms with Crippen LogP contribution in [-0.2, 0) is 0 Å². The summed E-state index contributed by atoms with van der Waals surface area (Å²) in [5.74, 6) is -0.153. The number of benzene rings is 1. The molecule has 1 nitrogen and oxygen atoms in total. The molecule has 1 N–H and O–H groups in total. The molecule has 0 aliphatic carbocycles. The maximum Gasteiger partial charge on any atom is 0.123 e. The molecule has 1 unspecified atom stereocenters. The van der Waals surface area contributed by atoms with Gasteiger partial charge in [0.15, 0.2) is 0 Å². The summed E-state index contributed by atoms with van der Waals surface area (Å²) in [5.41, 5.74) is 1.99. The third kappa shape index (κ3) is 2.81. The van der Waals surface area contributed by atoms with Gasteiger partial charge in [-0.15, -0.1) is 0 Å². The normalized spacial score (nSPS) is 12.9. The average Bonchev–Trinajstić information content (AvgIpc) is 2.03. The van der Waals surface area contributed by atoms with Gasteiger partial charge in [0.05, 0.1) is 0 Å². The number of aryl methyl sites for hydroxylation is 1. The van der Waals surface area contributed by atoms with Crippen LogP contribution in [-0.4, -0.2) is 6.54 Å². The van der Waals surface area contributed by atoms with E-state index in [9.17, 15) is 4.39 Å². The average molecular weight is 181 g/mol. The van der Waals surface area contributed by atoms with Gasteiger partial charge in [-0.1, -0.05) is 13.0 Å². The van der Waals surface area contributed by atoms with Gasteiger partial charge in [-0.05, 0) is 43.7 Å². The molecule has 0 heterocycles. The van der Waals surface area contributed by atoms with E-state index in [0.717, 1.165) is 17.7 Å². The van der Waals surface area contributed by atoms with E-state index >= 15 is 0 Å². The van der Waals surface area contributed by atoms with Crippen molar-refractivity contribution in [2.45, 2.75) is 26.8 Å². The highest BCUT2D eigenvalue weighted by Gasteiger charge is 2.05. The van der Waals surface area contributed by atoms with E-state index in [1.165, 1.54) is 0 Å². The SMILES string of the molecule is CCNC(C)c1cc(C)cc(F)c1. The summed E-state index contributed by atoms with van der Waals surface area (Å²) in [4.78, 5) is 0. The summed E-state index contributed by atoms with van der Waals surface area (Å²) in [6.45, 7) is 6.89. The zero-order valence-electron chi connectivity index (χ0n) is 8.39. The van der Waals surface area contributed by atoms with Crippen molar-refractivity contribution >= 4 is 0 Å². The number of hydrogen-bond acceptors (Lipinski definition) is 1. The Morgan fingerprint density at radius 2 is 2.08 bits per heavy atom. The highest BCUT2D eigenvalue weighted by Crippen LogP contribution is 2.15. The molecule has 0 saturated carbocycles. The molecule has 0 aliphatic rings. The van der Waals surface area contributed by atoms with Crippen molar-refractivity contribution in [1.82, 2.24) is 5.32 Å². The molecule has 2 heteroatoms. The fourth-order valence-electron chi connectivity index (χ4n) is 1.44. The number of nitrogens with one attached hydrogen (secondary N) is 1. The van der Waals surface area contributed by atoms with Crippen LogP contribution >= 0.6 is 0 Å². The lowest BCUT2D eigenvalue weighted by atomic mass is 10.1. The second kappa shape index (κ2) is 4.38. The van der Waals surface area contributed by atoms with Gasteiger partial charge in [0, 0.05) is 6.04 Å². The molecule has 0 radical (unpaired) electrons. The van der Waals surface area contributed by atoms with E-state index in [4.69, 9.17) is 0 Å². The first-order valence-electron chi connectivity index (χ1n) is 4.64. The van der Waals surface area contributed by atoms with Crippen LogP contribution in [0.4, 0.5) is 4.39 Å². The smallest absolute Gasteiger partial charge is 0.123 e. The van der Waals surface area contributed by atoms with Gasteiger partial charge in [-0.3, -0.25) is 0 Å². The molecular weight excluding hydrogens is 165 g/mol. The van der Waals surface area contributed by atoms with Crippen LogP contribution < -0.4 is 5.32 Å². The Labute approximate surface area is 79.0 Å². The maximum atomic E-state index is 13.0. The molecule has 0 aliphatic heterocycles. The van der Waals surface area contributed by atoms with Crippen molar-refractivity contribution in [2.24, 2.45) is 0 Å². The Hall–Kier alpha value is -0.890. The predicted molar refractivity (Wildman–Crippen MR) is 53.2 cm³/mol. The minimum atomic E-state index is -0.153. The second-order valence-corrected chi connectivity index (χ2v) is 3.34. The first-order valence-corrected chi connectivity index (χ1v) is 4.64. The molecule has 0 spiro atoms. The van der Waals surface area contributed by atoms with Crippen LogP contribution in [0.2, 0.25) is 0 Å². The molecule has 1 rings (SSSR count). The van der Waals surface area contributed by atoms with Gasteiger partial charge in [-0.2, -0.15) is 0 Å². The molecule has 72 valence electrons. The van der Waals surface area contributed by atoms with Gasteiger partial charge in [0.2, 0.25) is 0 Å². The van der Waals surface area contributed by atoms with E-state index in [1.807, 2.05) is 26.8 Å². The fourth-order valence-corrected chi connectivity index (χ4v) is 1.44. The standard InChI is InChI=1S/C11H16FN/c1-4-13-9(3)10-5-8(2)6-11(12)7-10/h5-7,9,13H,4H2,1-3H3. The highest BCUT2D eigenvalue weighted by atomic mass is 19.1. The van der Waals surface area contributed by atoms with E-state index < -0.39 is 0 Å². The molecule has 13 heavy (non-hydrogen) atoms. The zero-order chi connectivity index (χ0) is 9.84.